The van der Waals surface area contributed by atoms with E-state index in [1.165, 1.54) is 19.1 Å². The summed E-state index contributed by atoms with van der Waals surface area (Å²) in [6, 6.07) is 9.55. The molecule has 1 aliphatic carbocycles. The quantitative estimate of drug-likeness (QED) is 0.483. The van der Waals surface area contributed by atoms with Gasteiger partial charge in [0.25, 0.3) is 0 Å². The van der Waals surface area contributed by atoms with Crippen LogP contribution < -0.4 is 5.43 Å². The second-order valence-corrected chi connectivity index (χ2v) is 4.08. The van der Waals surface area contributed by atoms with Gasteiger partial charge in [-0.3, -0.25) is 9.59 Å². The highest BCUT2D eigenvalue weighted by Gasteiger charge is 2.10. The van der Waals surface area contributed by atoms with Crippen LogP contribution in [0.25, 0.3) is 22.6 Å². The molecule has 0 saturated heterocycles. The minimum absolute atomic E-state index is 0.0372. The zero-order chi connectivity index (χ0) is 12.7. The number of hydrogen-bond donors (Lipinski definition) is 0. The number of ketones is 1. The Morgan fingerprint density at radius 3 is 2.78 bits per heavy atom. The Kier molecular flexibility index (Phi) is 2.23. The fourth-order valence-corrected chi connectivity index (χ4v) is 1.82. The lowest BCUT2D eigenvalue weighted by molar-refractivity contribution is 0.101. The summed E-state index contributed by atoms with van der Waals surface area (Å²) in [7, 11) is 0. The SMILES string of the molecule is CC(=O)c1ccc2nc3ccc(=O)cc-3oc2c1. The van der Waals surface area contributed by atoms with Gasteiger partial charge in [-0.15, -0.1) is 0 Å². The first-order valence-electron chi connectivity index (χ1n) is 5.49. The number of aromatic nitrogens is 1. The van der Waals surface area contributed by atoms with Crippen molar-refractivity contribution in [2.45, 2.75) is 6.92 Å². The van der Waals surface area contributed by atoms with E-state index < -0.39 is 0 Å². The molecular formula is C14H9NO3. The first-order valence-corrected chi connectivity index (χ1v) is 5.49. The van der Waals surface area contributed by atoms with Gasteiger partial charge >= 0.3 is 0 Å². The summed E-state index contributed by atoms with van der Waals surface area (Å²) in [4.78, 5) is 26.9. The van der Waals surface area contributed by atoms with Crippen molar-refractivity contribution in [3.05, 3.63) is 52.2 Å². The number of carbonyl (C=O) groups excluding carboxylic acids is 1. The van der Waals surface area contributed by atoms with Crippen LogP contribution in [0.3, 0.4) is 0 Å². The molecule has 0 N–H and O–H groups in total. The number of Topliss-reactive ketones (excluding diaryl/α,β-unsaturated/α-hetero) is 1. The smallest absolute Gasteiger partial charge is 0.182 e. The molecule has 3 rings (SSSR count). The summed E-state index contributed by atoms with van der Waals surface area (Å²) in [6.07, 6.45) is 0. The summed E-state index contributed by atoms with van der Waals surface area (Å²) in [5, 5.41) is 0. The molecular weight excluding hydrogens is 230 g/mol. The molecule has 88 valence electrons. The Morgan fingerprint density at radius 2 is 2.00 bits per heavy atom. The van der Waals surface area contributed by atoms with E-state index in [2.05, 4.69) is 4.98 Å². The van der Waals surface area contributed by atoms with E-state index in [0.29, 0.717) is 28.1 Å². The zero-order valence-corrected chi connectivity index (χ0v) is 9.64. The Balaban J connectivity index is 2.36. The third kappa shape index (κ3) is 1.68. The minimum Gasteiger partial charge on any atom is -0.453 e. The van der Waals surface area contributed by atoms with Crippen LogP contribution in [0, 0.1) is 0 Å². The lowest BCUT2D eigenvalue weighted by atomic mass is 10.1. The van der Waals surface area contributed by atoms with Crippen molar-refractivity contribution in [2.75, 3.05) is 0 Å². The molecule has 0 amide bonds. The molecule has 0 saturated carbocycles. The van der Waals surface area contributed by atoms with Gasteiger partial charge in [0.1, 0.15) is 11.2 Å². The van der Waals surface area contributed by atoms with E-state index in [9.17, 15) is 9.59 Å². The van der Waals surface area contributed by atoms with E-state index >= 15 is 0 Å². The minimum atomic E-state index is -0.130. The summed E-state index contributed by atoms with van der Waals surface area (Å²) >= 11 is 0. The first kappa shape index (κ1) is 10.7. The molecule has 0 aromatic heterocycles. The predicted octanol–water partition coefficient (Wildman–Crippen LogP) is 2.50. The van der Waals surface area contributed by atoms with Gasteiger partial charge in [0.2, 0.25) is 0 Å². The van der Waals surface area contributed by atoms with Crippen LogP contribution in [-0.2, 0) is 0 Å². The Hall–Kier alpha value is -2.49. The third-order valence-electron chi connectivity index (χ3n) is 2.76. The molecule has 0 bridgehead atoms. The van der Waals surface area contributed by atoms with E-state index in [1.54, 1.807) is 24.3 Å². The lowest BCUT2D eigenvalue weighted by Gasteiger charge is -2.05. The second kappa shape index (κ2) is 3.77. The van der Waals surface area contributed by atoms with Crippen LogP contribution in [0.4, 0.5) is 0 Å². The predicted molar refractivity (Wildman–Crippen MR) is 66.9 cm³/mol. The van der Waals surface area contributed by atoms with Crippen LogP contribution in [0.5, 0.6) is 0 Å². The van der Waals surface area contributed by atoms with Crippen molar-refractivity contribution in [3.8, 4) is 11.5 Å². The van der Waals surface area contributed by atoms with Gasteiger partial charge in [-0.25, -0.2) is 4.98 Å². The Labute approximate surface area is 102 Å². The van der Waals surface area contributed by atoms with Gasteiger partial charge in [0.05, 0.1) is 0 Å². The summed E-state index contributed by atoms with van der Waals surface area (Å²) in [5.41, 5.74) is 2.21. The van der Waals surface area contributed by atoms with Gasteiger partial charge in [-0.2, -0.15) is 0 Å². The molecule has 4 heteroatoms. The summed E-state index contributed by atoms with van der Waals surface area (Å²) < 4.78 is 5.60. The maximum absolute atomic E-state index is 11.3. The van der Waals surface area contributed by atoms with Crippen LogP contribution in [-0.4, -0.2) is 10.8 Å². The topological polar surface area (TPSA) is 60.2 Å². The van der Waals surface area contributed by atoms with Crippen molar-refractivity contribution < 1.29 is 9.21 Å². The van der Waals surface area contributed by atoms with Crippen LogP contribution in [0.2, 0.25) is 0 Å². The van der Waals surface area contributed by atoms with Gasteiger partial charge < -0.3 is 4.42 Å². The molecule has 4 nitrogen and oxygen atoms in total. The maximum Gasteiger partial charge on any atom is 0.182 e. The van der Waals surface area contributed by atoms with Gasteiger partial charge in [0.15, 0.2) is 22.6 Å². The number of benzene rings is 2. The van der Waals surface area contributed by atoms with Crippen molar-refractivity contribution in [3.63, 3.8) is 0 Å². The summed E-state index contributed by atoms with van der Waals surface area (Å²) in [6.45, 7) is 1.49. The van der Waals surface area contributed by atoms with Gasteiger partial charge in [-0.1, -0.05) is 0 Å². The van der Waals surface area contributed by atoms with E-state index in [1.807, 2.05) is 0 Å². The molecule has 1 heterocycles. The van der Waals surface area contributed by atoms with Crippen molar-refractivity contribution >= 4 is 16.9 Å². The fraction of sp³-hybridized carbons (Fsp3) is 0.0714. The van der Waals surface area contributed by atoms with Crippen molar-refractivity contribution in [1.29, 1.82) is 0 Å². The number of fused-ring (bicyclic) bond motifs is 2. The lowest BCUT2D eigenvalue weighted by Crippen LogP contribution is -2.00. The molecule has 1 aromatic carbocycles. The number of rotatable bonds is 1. The Bertz CT molecular complexity index is 789. The molecule has 0 spiro atoms. The monoisotopic (exact) mass is 239 g/mol. The molecule has 0 unspecified atom stereocenters. The highest BCUT2D eigenvalue weighted by Crippen LogP contribution is 2.24. The standard InChI is InChI=1S/C14H9NO3/c1-8(16)9-2-4-11-13(6-9)18-14-7-10(17)3-5-12(14)15-11/h2-7H,1H3. The maximum atomic E-state index is 11.3. The van der Waals surface area contributed by atoms with Gasteiger partial charge in [0, 0.05) is 11.6 Å². The highest BCUT2D eigenvalue weighted by atomic mass is 16.3. The zero-order valence-electron chi connectivity index (χ0n) is 9.64. The van der Waals surface area contributed by atoms with E-state index in [4.69, 9.17) is 4.42 Å². The van der Waals surface area contributed by atoms with Crippen LogP contribution in [0.15, 0.2) is 45.6 Å². The molecule has 1 aromatic rings. The third-order valence-corrected chi connectivity index (χ3v) is 2.76. The molecule has 0 fully saturated rings. The second-order valence-electron chi connectivity index (χ2n) is 4.08. The van der Waals surface area contributed by atoms with E-state index in [0.717, 1.165) is 0 Å². The largest absolute Gasteiger partial charge is 0.453 e. The molecule has 2 aliphatic rings. The number of hydrogen-bond acceptors (Lipinski definition) is 4. The number of carbonyl (C=O) groups is 1. The summed E-state index contributed by atoms with van der Waals surface area (Å²) in [5.74, 6) is 0.389. The number of nitrogens with zero attached hydrogens (tertiary/aromatic N) is 1. The van der Waals surface area contributed by atoms with Crippen molar-refractivity contribution in [2.24, 2.45) is 0 Å². The first-order chi connectivity index (χ1) is 8.63. The fourth-order valence-electron chi connectivity index (χ4n) is 1.82. The Morgan fingerprint density at radius 1 is 1.17 bits per heavy atom. The average molecular weight is 239 g/mol. The highest BCUT2D eigenvalue weighted by molar-refractivity contribution is 5.97. The van der Waals surface area contributed by atoms with Crippen molar-refractivity contribution in [1.82, 2.24) is 4.98 Å². The molecule has 0 atom stereocenters. The average Bonchev–Trinajstić information content (AvgIpc) is 2.35. The molecule has 1 aliphatic heterocycles. The molecule has 18 heavy (non-hydrogen) atoms. The normalized spacial score (nSPS) is 10.9. The van der Waals surface area contributed by atoms with Crippen LogP contribution >= 0.6 is 0 Å². The molecule has 0 radical (unpaired) electrons. The van der Waals surface area contributed by atoms with E-state index in [-0.39, 0.29) is 11.2 Å². The van der Waals surface area contributed by atoms with Crippen LogP contribution in [0.1, 0.15) is 17.3 Å². The van der Waals surface area contributed by atoms with Gasteiger partial charge in [-0.05, 0) is 37.3 Å².